The molecule has 156 valence electrons. The zero-order valence-corrected chi connectivity index (χ0v) is 17.3. The Morgan fingerprint density at radius 1 is 1.13 bits per heavy atom. The third kappa shape index (κ3) is 4.52. The van der Waals surface area contributed by atoms with Gasteiger partial charge in [-0.25, -0.2) is 4.98 Å². The van der Waals surface area contributed by atoms with Crippen molar-refractivity contribution in [1.82, 2.24) is 19.9 Å². The number of H-pyrrole nitrogens is 1. The number of aromatic nitrogens is 3. The maximum absolute atomic E-state index is 12.2. The molecule has 2 aromatic heterocycles. The molecule has 7 nitrogen and oxygen atoms in total. The molecule has 1 aliphatic heterocycles. The second-order valence-electron chi connectivity index (χ2n) is 7.49. The molecule has 1 aromatic carbocycles. The molecule has 0 atom stereocenters. The van der Waals surface area contributed by atoms with E-state index in [1.807, 2.05) is 30.3 Å². The molecule has 1 saturated heterocycles. The third-order valence-electron chi connectivity index (χ3n) is 5.58. The van der Waals surface area contributed by atoms with Crippen LogP contribution in [0.3, 0.4) is 0 Å². The van der Waals surface area contributed by atoms with Crippen LogP contribution in [0, 0.1) is 0 Å². The number of nitrogens with zero attached hydrogens (tertiary/aromatic N) is 3. The fourth-order valence-corrected chi connectivity index (χ4v) is 3.96. The maximum Gasteiger partial charge on any atom is 0.251 e. The van der Waals surface area contributed by atoms with Crippen LogP contribution in [-0.2, 0) is 6.54 Å². The molecule has 7 heteroatoms. The standard InChI is InChI=1S/C23H26N4O3/c1-29-19-5-6-21(30-2)18(12-19)15-27-10-7-16(8-11-27)20-13-22(28)26-23(25-20)17-4-3-9-24-14-17/h3-6,9,12-14,16H,7-8,10-11,15H2,1-2H3,(H,25,26,28). The lowest BCUT2D eigenvalue weighted by Gasteiger charge is -2.32. The minimum Gasteiger partial charge on any atom is -0.497 e. The first-order valence-electron chi connectivity index (χ1n) is 10.1. The van der Waals surface area contributed by atoms with Crippen molar-refractivity contribution in [2.24, 2.45) is 0 Å². The number of methoxy groups -OCH3 is 2. The number of benzene rings is 1. The Balaban J connectivity index is 1.45. The highest BCUT2D eigenvalue weighted by molar-refractivity contribution is 5.52. The first kappa shape index (κ1) is 20.1. The maximum atomic E-state index is 12.2. The van der Waals surface area contributed by atoms with Gasteiger partial charge in [0.2, 0.25) is 0 Å². The van der Waals surface area contributed by atoms with Crippen LogP contribution in [0.5, 0.6) is 11.5 Å². The fourth-order valence-electron chi connectivity index (χ4n) is 3.96. The molecule has 3 heterocycles. The van der Waals surface area contributed by atoms with E-state index in [2.05, 4.69) is 14.9 Å². The minimum atomic E-state index is -0.123. The second kappa shape index (κ2) is 9.09. The molecule has 1 fully saturated rings. The summed E-state index contributed by atoms with van der Waals surface area (Å²) in [7, 11) is 3.36. The van der Waals surface area contributed by atoms with Gasteiger partial charge >= 0.3 is 0 Å². The normalized spacial score (nSPS) is 15.1. The molecule has 0 radical (unpaired) electrons. The summed E-state index contributed by atoms with van der Waals surface area (Å²) in [6, 6.07) is 11.3. The summed E-state index contributed by atoms with van der Waals surface area (Å²) in [5.74, 6) is 2.55. The lowest BCUT2D eigenvalue weighted by molar-refractivity contribution is 0.201. The van der Waals surface area contributed by atoms with Crippen LogP contribution in [0.1, 0.15) is 30.0 Å². The predicted molar refractivity (Wildman–Crippen MR) is 115 cm³/mol. The van der Waals surface area contributed by atoms with Gasteiger partial charge in [0.05, 0.1) is 19.9 Å². The summed E-state index contributed by atoms with van der Waals surface area (Å²) in [6.45, 7) is 2.67. The predicted octanol–water partition coefficient (Wildman–Crippen LogP) is 3.23. The van der Waals surface area contributed by atoms with Crippen LogP contribution in [0.2, 0.25) is 0 Å². The van der Waals surface area contributed by atoms with Crippen molar-refractivity contribution in [2.45, 2.75) is 25.3 Å². The van der Waals surface area contributed by atoms with E-state index < -0.39 is 0 Å². The molecule has 0 aliphatic carbocycles. The highest BCUT2D eigenvalue weighted by Crippen LogP contribution is 2.30. The van der Waals surface area contributed by atoms with Crippen molar-refractivity contribution in [2.75, 3.05) is 27.3 Å². The summed E-state index contributed by atoms with van der Waals surface area (Å²) >= 11 is 0. The SMILES string of the molecule is COc1ccc(OC)c(CN2CCC(c3cc(=O)[nH]c(-c4cccnc4)n3)CC2)c1. The number of ether oxygens (including phenoxy) is 2. The summed E-state index contributed by atoms with van der Waals surface area (Å²) in [5.41, 5.74) is 2.67. The van der Waals surface area contributed by atoms with Crippen molar-refractivity contribution >= 4 is 0 Å². The Bertz CT molecular complexity index is 1040. The molecule has 4 rings (SSSR count). The van der Waals surface area contributed by atoms with Gasteiger partial charge in [0.1, 0.15) is 17.3 Å². The molecule has 0 spiro atoms. The van der Waals surface area contributed by atoms with E-state index >= 15 is 0 Å². The van der Waals surface area contributed by atoms with Gasteiger partial charge in [-0.1, -0.05) is 0 Å². The van der Waals surface area contributed by atoms with Crippen molar-refractivity contribution in [3.8, 4) is 22.9 Å². The molecule has 1 aliphatic rings. The quantitative estimate of drug-likeness (QED) is 0.677. The average Bonchev–Trinajstić information content (AvgIpc) is 2.79. The van der Waals surface area contributed by atoms with Gasteiger partial charge in [0.15, 0.2) is 0 Å². The van der Waals surface area contributed by atoms with Crippen LogP contribution in [0.15, 0.2) is 53.6 Å². The number of hydrogen-bond donors (Lipinski definition) is 1. The molecule has 30 heavy (non-hydrogen) atoms. The van der Waals surface area contributed by atoms with Gasteiger partial charge in [-0.05, 0) is 56.3 Å². The molecule has 1 N–H and O–H groups in total. The van der Waals surface area contributed by atoms with Crippen LogP contribution < -0.4 is 15.0 Å². The Labute approximate surface area is 175 Å². The Kier molecular flexibility index (Phi) is 6.09. The van der Waals surface area contributed by atoms with Gasteiger partial charge in [-0.3, -0.25) is 14.7 Å². The first-order valence-corrected chi connectivity index (χ1v) is 10.1. The van der Waals surface area contributed by atoms with Crippen LogP contribution in [0.4, 0.5) is 0 Å². The van der Waals surface area contributed by atoms with Crippen molar-refractivity contribution in [3.05, 3.63) is 70.4 Å². The third-order valence-corrected chi connectivity index (χ3v) is 5.58. The van der Waals surface area contributed by atoms with Crippen LogP contribution >= 0.6 is 0 Å². The molecule has 0 bridgehead atoms. The van der Waals surface area contributed by atoms with Gasteiger partial charge in [0, 0.05) is 42.0 Å². The van der Waals surface area contributed by atoms with E-state index in [0.717, 1.165) is 60.8 Å². The summed E-state index contributed by atoms with van der Waals surface area (Å²) in [6.07, 6.45) is 5.33. The molecule has 0 unspecified atom stereocenters. The number of aromatic amines is 1. The van der Waals surface area contributed by atoms with Crippen LogP contribution in [0.25, 0.3) is 11.4 Å². The van der Waals surface area contributed by atoms with Crippen molar-refractivity contribution < 1.29 is 9.47 Å². The fraction of sp³-hybridized carbons (Fsp3) is 0.348. The lowest BCUT2D eigenvalue weighted by atomic mass is 9.93. The Morgan fingerprint density at radius 3 is 2.67 bits per heavy atom. The van der Waals surface area contributed by atoms with Gasteiger partial charge in [-0.15, -0.1) is 0 Å². The van der Waals surface area contributed by atoms with E-state index in [0.29, 0.717) is 5.82 Å². The molecule has 0 amide bonds. The Morgan fingerprint density at radius 2 is 1.97 bits per heavy atom. The number of pyridine rings is 1. The van der Waals surface area contributed by atoms with Gasteiger partial charge in [-0.2, -0.15) is 0 Å². The minimum absolute atomic E-state index is 0.123. The molecule has 3 aromatic rings. The monoisotopic (exact) mass is 406 g/mol. The average molecular weight is 406 g/mol. The van der Waals surface area contributed by atoms with E-state index in [4.69, 9.17) is 14.5 Å². The van der Waals surface area contributed by atoms with Gasteiger partial charge < -0.3 is 14.5 Å². The second-order valence-corrected chi connectivity index (χ2v) is 7.49. The van der Waals surface area contributed by atoms with E-state index in [1.165, 1.54) is 0 Å². The van der Waals surface area contributed by atoms with E-state index in [9.17, 15) is 4.79 Å². The summed E-state index contributed by atoms with van der Waals surface area (Å²) in [4.78, 5) is 26.3. The zero-order valence-electron chi connectivity index (χ0n) is 17.3. The number of piperidine rings is 1. The number of rotatable bonds is 6. The zero-order chi connectivity index (χ0) is 20.9. The molecular weight excluding hydrogens is 380 g/mol. The van der Waals surface area contributed by atoms with E-state index in [1.54, 1.807) is 32.7 Å². The van der Waals surface area contributed by atoms with Gasteiger partial charge in [0.25, 0.3) is 5.56 Å². The number of likely N-dealkylation sites (tertiary alicyclic amines) is 1. The highest BCUT2D eigenvalue weighted by Gasteiger charge is 2.23. The molecule has 0 saturated carbocycles. The Hall–Kier alpha value is -3.19. The highest BCUT2D eigenvalue weighted by atomic mass is 16.5. The van der Waals surface area contributed by atoms with E-state index in [-0.39, 0.29) is 11.5 Å². The molecular formula is C23H26N4O3. The lowest BCUT2D eigenvalue weighted by Crippen LogP contribution is -2.33. The number of nitrogens with one attached hydrogen (secondary N) is 1. The van der Waals surface area contributed by atoms with Crippen molar-refractivity contribution in [1.29, 1.82) is 0 Å². The topological polar surface area (TPSA) is 80.3 Å². The first-order chi connectivity index (χ1) is 14.7. The van der Waals surface area contributed by atoms with Crippen molar-refractivity contribution in [3.63, 3.8) is 0 Å². The largest absolute Gasteiger partial charge is 0.497 e. The smallest absolute Gasteiger partial charge is 0.251 e. The summed E-state index contributed by atoms with van der Waals surface area (Å²) < 4.78 is 10.9. The van der Waals surface area contributed by atoms with Crippen LogP contribution in [-0.4, -0.2) is 47.2 Å². The number of hydrogen-bond acceptors (Lipinski definition) is 6. The summed E-state index contributed by atoms with van der Waals surface area (Å²) in [5, 5.41) is 0.